The predicted octanol–water partition coefficient (Wildman–Crippen LogP) is 3.27. The summed E-state index contributed by atoms with van der Waals surface area (Å²) in [5.74, 6) is -0.0491. The monoisotopic (exact) mass is 313 g/mol. The van der Waals surface area contributed by atoms with Crippen molar-refractivity contribution in [2.75, 3.05) is 23.8 Å². The van der Waals surface area contributed by atoms with Crippen molar-refractivity contribution in [2.45, 2.75) is 6.92 Å². The molecule has 0 atom stereocenters. The van der Waals surface area contributed by atoms with Crippen molar-refractivity contribution < 1.29 is 4.79 Å². The normalized spacial score (nSPS) is 9.91. The van der Waals surface area contributed by atoms with Crippen molar-refractivity contribution in [1.29, 1.82) is 0 Å². The summed E-state index contributed by atoms with van der Waals surface area (Å²) in [6, 6.07) is 16.8. The van der Waals surface area contributed by atoms with Gasteiger partial charge in [-0.15, -0.1) is 0 Å². The van der Waals surface area contributed by atoms with E-state index in [1.807, 2.05) is 49.4 Å². The second-order valence-corrected chi connectivity index (χ2v) is 5.17. The highest BCUT2D eigenvalue weighted by Crippen LogP contribution is 2.16. The first-order valence-electron chi connectivity index (χ1n) is 7.10. The highest BCUT2D eigenvalue weighted by atomic mass is 32.1. The molecule has 5 heteroatoms. The standard InChI is InChI=1S/C17H19N3OS/c1-3-18-17(22)19-14-11-9-13(10-12-14)16(21)20(2)15-7-5-4-6-8-15/h4-12H,3H2,1-2H3,(H2,18,19,22). The first-order chi connectivity index (χ1) is 10.6. The number of carbonyl (C=O) groups excluding carboxylic acids is 1. The summed E-state index contributed by atoms with van der Waals surface area (Å²) in [6.45, 7) is 2.75. The molecule has 0 aliphatic rings. The fourth-order valence-corrected chi connectivity index (χ4v) is 2.26. The first kappa shape index (κ1) is 16.0. The fraction of sp³-hybridized carbons (Fsp3) is 0.176. The van der Waals surface area contributed by atoms with Crippen LogP contribution in [0.2, 0.25) is 0 Å². The van der Waals surface area contributed by atoms with Gasteiger partial charge in [0.15, 0.2) is 5.11 Å². The van der Waals surface area contributed by atoms with E-state index in [1.54, 1.807) is 24.1 Å². The number of thiocarbonyl (C=S) groups is 1. The lowest BCUT2D eigenvalue weighted by Crippen LogP contribution is -2.28. The molecule has 0 radical (unpaired) electrons. The molecule has 2 aromatic carbocycles. The summed E-state index contributed by atoms with van der Waals surface area (Å²) in [7, 11) is 1.77. The maximum Gasteiger partial charge on any atom is 0.258 e. The van der Waals surface area contributed by atoms with Crippen LogP contribution in [0.5, 0.6) is 0 Å². The molecular formula is C17H19N3OS. The van der Waals surface area contributed by atoms with E-state index in [0.717, 1.165) is 17.9 Å². The number of benzene rings is 2. The van der Waals surface area contributed by atoms with Gasteiger partial charge in [-0.2, -0.15) is 0 Å². The average molecular weight is 313 g/mol. The van der Waals surface area contributed by atoms with Gasteiger partial charge in [0, 0.05) is 30.5 Å². The number of carbonyl (C=O) groups is 1. The molecule has 0 fully saturated rings. The molecule has 0 aromatic heterocycles. The molecule has 0 aliphatic heterocycles. The maximum atomic E-state index is 12.4. The zero-order valence-corrected chi connectivity index (χ0v) is 13.5. The minimum absolute atomic E-state index is 0.0491. The van der Waals surface area contributed by atoms with E-state index in [9.17, 15) is 4.79 Å². The molecule has 0 saturated carbocycles. The number of para-hydroxylation sites is 1. The summed E-state index contributed by atoms with van der Waals surface area (Å²) >= 11 is 5.13. The number of anilines is 2. The molecule has 2 aromatic rings. The highest BCUT2D eigenvalue weighted by Gasteiger charge is 2.12. The molecular weight excluding hydrogens is 294 g/mol. The number of amides is 1. The molecule has 0 bridgehead atoms. The summed E-state index contributed by atoms with van der Waals surface area (Å²) in [5, 5.41) is 6.65. The summed E-state index contributed by atoms with van der Waals surface area (Å²) in [4.78, 5) is 14.1. The molecule has 22 heavy (non-hydrogen) atoms. The Morgan fingerprint density at radius 2 is 1.73 bits per heavy atom. The number of hydrogen-bond donors (Lipinski definition) is 2. The number of hydrogen-bond acceptors (Lipinski definition) is 2. The molecule has 0 aliphatic carbocycles. The highest BCUT2D eigenvalue weighted by molar-refractivity contribution is 7.80. The van der Waals surface area contributed by atoms with Crippen LogP contribution in [0.25, 0.3) is 0 Å². The van der Waals surface area contributed by atoms with Crippen molar-refractivity contribution in [1.82, 2.24) is 5.32 Å². The van der Waals surface area contributed by atoms with Gasteiger partial charge in [0.25, 0.3) is 5.91 Å². The van der Waals surface area contributed by atoms with Crippen LogP contribution >= 0.6 is 12.2 Å². The van der Waals surface area contributed by atoms with Crippen LogP contribution in [0.15, 0.2) is 54.6 Å². The van der Waals surface area contributed by atoms with E-state index < -0.39 is 0 Å². The Labute approximate surface area is 136 Å². The van der Waals surface area contributed by atoms with Gasteiger partial charge < -0.3 is 15.5 Å². The second-order valence-electron chi connectivity index (χ2n) is 4.76. The molecule has 0 heterocycles. The van der Waals surface area contributed by atoms with Crippen molar-refractivity contribution >= 4 is 34.6 Å². The molecule has 0 spiro atoms. The van der Waals surface area contributed by atoms with Gasteiger partial charge in [0.2, 0.25) is 0 Å². The molecule has 2 N–H and O–H groups in total. The van der Waals surface area contributed by atoms with Crippen molar-refractivity contribution in [3.8, 4) is 0 Å². The van der Waals surface area contributed by atoms with Crippen LogP contribution in [-0.4, -0.2) is 24.6 Å². The lowest BCUT2D eigenvalue weighted by Gasteiger charge is -2.17. The topological polar surface area (TPSA) is 44.4 Å². The van der Waals surface area contributed by atoms with Gasteiger partial charge in [0.05, 0.1) is 0 Å². The van der Waals surface area contributed by atoms with Gasteiger partial charge in [-0.3, -0.25) is 4.79 Å². The minimum Gasteiger partial charge on any atom is -0.363 e. The third-order valence-corrected chi connectivity index (χ3v) is 3.42. The maximum absolute atomic E-state index is 12.4. The van der Waals surface area contributed by atoms with E-state index in [1.165, 1.54) is 0 Å². The van der Waals surface area contributed by atoms with Crippen LogP contribution in [-0.2, 0) is 0 Å². The van der Waals surface area contributed by atoms with Crippen molar-refractivity contribution in [3.05, 3.63) is 60.2 Å². The molecule has 0 unspecified atom stereocenters. The predicted molar refractivity (Wildman–Crippen MR) is 95.5 cm³/mol. The summed E-state index contributed by atoms with van der Waals surface area (Å²) in [6.07, 6.45) is 0. The average Bonchev–Trinajstić information content (AvgIpc) is 2.55. The zero-order valence-electron chi connectivity index (χ0n) is 12.7. The largest absolute Gasteiger partial charge is 0.363 e. The Balaban J connectivity index is 2.06. The first-order valence-corrected chi connectivity index (χ1v) is 7.50. The quantitative estimate of drug-likeness (QED) is 0.850. The van der Waals surface area contributed by atoms with Crippen LogP contribution in [0, 0.1) is 0 Å². The second kappa shape index (κ2) is 7.56. The lowest BCUT2D eigenvalue weighted by molar-refractivity contribution is 0.0993. The van der Waals surface area contributed by atoms with E-state index in [-0.39, 0.29) is 5.91 Å². The molecule has 1 amide bonds. The van der Waals surface area contributed by atoms with Crippen molar-refractivity contribution in [2.24, 2.45) is 0 Å². The molecule has 0 saturated heterocycles. The van der Waals surface area contributed by atoms with Crippen LogP contribution < -0.4 is 15.5 Å². The van der Waals surface area contributed by atoms with Gasteiger partial charge in [-0.05, 0) is 55.5 Å². The van der Waals surface area contributed by atoms with Gasteiger partial charge >= 0.3 is 0 Å². The smallest absolute Gasteiger partial charge is 0.258 e. The third kappa shape index (κ3) is 4.05. The zero-order chi connectivity index (χ0) is 15.9. The van der Waals surface area contributed by atoms with E-state index in [2.05, 4.69) is 10.6 Å². The minimum atomic E-state index is -0.0491. The van der Waals surface area contributed by atoms with Crippen LogP contribution in [0.1, 0.15) is 17.3 Å². The fourth-order valence-electron chi connectivity index (χ4n) is 1.99. The number of rotatable bonds is 4. The Kier molecular flexibility index (Phi) is 5.49. The number of nitrogens with zero attached hydrogens (tertiary/aromatic N) is 1. The van der Waals surface area contributed by atoms with Gasteiger partial charge in [-0.1, -0.05) is 18.2 Å². The molecule has 2 rings (SSSR count). The van der Waals surface area contributed by atoms with E-state index in [0.29, 0.717) is 10.7 Å². The number of nitrogens with one attached hydrogen (secondary N) is 2. The third-order valence-electron chi connectivity index (χ3n) is 3.18. The molecule has 4 nitrogen and oxygen atoms in total. The summed E-state index contributed by atoms with van der Waals surface area (Å²) < 4.78 is 0. The van der Waals surface area contributed by atoms with E-state index >= 15 is 0 Å². The van der Waals surface area contributed by atoms with Crippen LogP contribution in [0.4, 0.5) is 11.4 Å². The molecule has 114 valence electrons. The Hall–Kier alpha value is -2.40. The van der Waals surface area contributed by atoms with Crippen molar-refractivity contribution in [3.63, 3.8) is 0 Å². The van der Waals surface area contributed by atoms with Gasteiger partial charge in [0.1, 0.15) is 0 Å². The van der Waals surface area contributed by atoms with Crippen LogP contribution in [0.3, 0.4) is 0 Å². The Bertz CT molecular complexity index is 641. The SMILES string of the molecule is CCNC(=S)Nc1ccc(C(=O)N(C)c2ccccc2)cc1. The van der Waals surface area contributed by atoms with Gasteiger partial charge in [-0.25, -0.2) is 0 Å². The summed E-state index contributed by atoms with van der Waals surface area (Å²) in [5.41, 5.74) is 2.35. The Morgan fingerprint density at radius 3 is 2.32 bits per heavy atom. The lowest BCUT2D eigenvalue weighted by atomic mass is 10.1. The Morgan fingerprint density at radius 1 is 1.09 bits per heavy atom. The van der Waals surface area contributed by atoms with E-state index in [4.69, 9.17) is 12.2 Å².